The van der Waals surface area contributed by atoms with Crippen molar-refractivity contribution in [3.8, 4) is 5.75 Å². The van der Waals surface area contributed by atoms with E-state index in [4.69, 9.17) is 4.74 Å². The minimum atomic E-state index is 0.0723. The molecule has 0 radical (unpaired) electrons. The number of amides is 1. The highest BCUT2D eigenvalue weighted by molar-refractivity contribution is 6.01. The average Bonchev–Trinajstić information content (AvgIpc) is 3.15. The molecule has 1 amide bonds. The van der Waals surface area contributed by atoms with E-state index in [1.807, 2.05) is 29.3 Å². The van der Waals surface area contributed by atoms with Crippen molar-refractivity contribution >= 4 is 16.8 Å². The topological polar surface area (TPSA) is 45.3 Å². The monoisotopic (exact) mass is 348 g/mol. The van der Waals surface area contributed by atoms with E-state index >= 15 is 0 Å². The van der Waals surface area contributed by atoms with Gasteiger partial charge in [-0.05, 0) is 42.9 Å². The van der Waals surface area contributed by atoms with Crippen LogP contribution in [-0.2, 0) is 6.42 Å². The molecule has 1 N–H and O–H groups in total. The number of aromatic nitrogens is 1. The average molecular weight is 348 g/mol. The fourth-order valence-electron chi connectivity index (χ4n) is 3.87. The van der Waals surface area contributed by atoms with Crippen molar-refractivity contribution < 1.29 is 9.53 Å². The van der Waals surface area contributed by atoms with E-state index in [0.717, 1.165) is 43.3 Å². The van der Waals surface area contributed by atoms with Crippen molar-refractivity contribution in [3.05, 3.63) is 65.9 Å². The third-order valence-corrected chi connectivity index (χ3v) is 5.37. The first kappa shape index (κ1) is 16.7. The molecule has 0 unspecified atom stereocenters. The van der Waals surface area contributed by atoms with Gasteiger partial charge in [0.15, 0.2) is 0 Å². The number of likely N-dealkylation sites (tertiary alicyclic amines) is 1. The molecule has 4 rings (SSSR count). The van der Waals surface area contributed by atoms with E-state index in [1.165, 1.54) is 5.56 Å². The lowest BCUT2D eigenvalue weighted by Gasteiger charge is -2.32. The number of methoxy groups -OCH3 is 1. The smallest absolute Gasteiger partial charge is 0.257 e. The van der Waals surface area contributed by atoms with E-state index < -0.39 is 0 Å². The Morgan fingerprint density at radius 2 is 1.92 bits per heavy atom. The number of nitrogens with zero attached hydrogens (tertiary/aromatic N) is 1. The largest absolute Gasteiger partial charge is 0.496 e. The summed E-state index contributed by atoms with van der Waals surface area (Å²) in [6, 6.07) is 16.4. The lowest BCUT2D eigenvalue weighted by Crippen LogP contribution is -2.39. The second-order valence-electron chi connectivity index (χ2n) is 7.04. The number of nitrogens with one attached hydrogen (secondary N) is 1. The van der Waals surface area contributed by atoms with Gasteiger partial charge in [0.25, 0.3) is 5.91 Å². The highest BCUT2D eigenvalue weighted by Crippen LogP contribution is 2.29. The number of hydrogen-bond acceptors (Lipinski definition) is 2. The summed E-state index contributed by atoms with van der Waals surface area (Å²) >= 11 is 0. The van der Waals surface area contributed by atoms with E-state index in [2.05, 4.69) is 35.3 Å². The van der Waals surface area contributed by atoms with Gasteiger partial charge in [0, 0.05) is 36.3 Å². The summed E-state index contributed by atoms with van der Waals surface area (Å²) in [5.41, 5.74) is 3.03. The number of aromatic amines is 1. The van der Waals surface area contributed by atoms with Crippen LogP contribution >= 0.6 is 0 Å². The van der Waals surface area contributed by atoms with Gasteiger partial charge in [-0.3, -0.25) is 4.79 Å². The van der Waals surface area contributed by atoms with Crippen molar-refractivity contribution in [2.75, 3.05) is 20.2 Å². The molecule has 4 nitrogen and oxygen atoms in total. The van der Waals surface area contributed by atoms with Gasteiger partial charge in [-0.25, -0.2) is 0 Å². The van der Waals surface area contributed by atoms with Crippen LogP contribution < -0.4 is 4.74 Å². The predicted molar refractivity (Wildman–Crippen MR) is 104 cm³/mol. The van der Waals surface area contributed by atoms with Crippen LogP contribution in [0, 0.1) is 5.92 Å². The lowest BCUT2D eigenvalue weighted by molar-refractivity contribution is 0.0687. The van der Waals surface area contributed by atoms with E-state index in [0.29, 0.717) is 17.2 Å². The quantitative estimate of drug-likeness (QED) is 0.765. The molecule has 3 aromatic rings. The number of fused-ring (bicyclic) bond motifs is 1. The van der Waals surface area contributed by atoms with Gasteiger partial charge in [-0.1, -0.05) is 30.3 Å². The molecule has 1 saturated heterocycles. The molecule has 0 spiro atoms. The van der Waals surface area contributed by atoms with Crippen molar-refractivity contribution in [2.24, 2.45) is 5.92 Å². The molecule has 4 heteroatoms. The van der Waals surface area contributed by atoms with Crippen LogP contribution in [0.5, 0.6) is 5.75 Å². The van der Waals surface area contributed by atoms with Crippen molar-refractivity contribution in [1.82, 2.24) is 9.88 Å². The first-order valence-corrected chi connectivity index (χ1v) is 9.23. The van der Waals surface area contributed by atoms with Crippen LogP contribution in [0.1, 0.15) is 28.8 Å². The van der Waals surface area contributed by atoms with Gasteiger partial charge in [0.05, 0.1) is 12.7 Å². The number of hydrogen-bond donors (Lipinski definition) is 1. The van der Waals surface area contributed by atoms with Crippen LogP contribution in [0.4, 0.5) is 0 Å². The molecule has 0 atom stereocenters. The Kier molecular flexibility index (Phi) is 4.65. The first-order chi connectivity index (χ1) is 12.7. The zero-order valence-corrected chi connectivity index (χ0v) is 15.1. The number of benzene rings is 2. The molecule has 0 bridgehead atoms. The maximum absolute atomic E-state index is 13.0. The van der Waals surface area contributed by atoms with Crippen LogP contribution in [0.25, 0.3) is 10.9 Å². The summed E-state index contributed by atoms with van der Waals surface area (Å²) in [5, 5.41) is 1.04. The molecule has 26 heavy (non-hydrogen) atoms. The highest BCUT2D eigenvalue weighted by atomic mass is 16.5. The summed E-state index contributed by atoms with van der Waals surface area (Å²) in [7, 11) is 1.62. The Labute approximate surface area is 153 Å². The van der Waals surface area contributed by atoms with Gasteiger partial charge in [0.2, 0.25) is 0 Å². The van der Waals surface area contributed by atoms with E-state index in [1.54, 1.807) is 7.11 Å². The van der Waals surface area contributed by atoms with Crippen LogP contribution in [0.15, 0.2) is 54.7 Å². The summed E-state index contributed by atoms with van der Waals surface area (Å²) in [6.45, 7) is 1.62. The molecule has 1 fully saturated rings. The molecule has 0 saturated carbocycles. The fourth-order valence-corrected chi connectivity index (χ4v) is 3.87. The molecule has 134 valence electrons. The van der Waals surface area contributed by atoms with Gasteiger partial charge < -0.3 is 14.6 Å². The maximum Gasteiger partial charge on any atom is 0.257 e. The number of carbonyl (C=O) groups excluding carboxylic acids is 1. The van der Waals surface area contributed by atoms with Crippen LogP contribution in [-0.4, -0.2) is 36.0 Å². The second-order valence-corrected chi connectivity index (χ2v) is 7.04. The second kappa shape index (κ2) is 7.24. The number of carbonyl (C=O) groups is 1. The van der Waals surface area contributed by atoms with Gasteiger partial charge >= 0.3 is 0 Å². The van der Waals surface area contributed by atoms with Crippen molar-refractivity contribution in [1.29, 1.82) is 0 Å². The Balaban J connectivity index is 1.45. The molecule has 2 aromatic carbocycles. The summed E-state index contributed by atoms with van der Waals surface area (Å²) in [4.78, 5) is 18.2. The zero-order chi connectivity index (χ0) is 17.9. The van der Waals surface area contributed by atoms with Crippen molar-refractivity contribution in [3.63, 3.8) is 0 Å². The molecule has 1 aromatic heterocycles. The van der Waals surface area contributed by atoms with Gasteiger partial charge in [-0.2, -0.15) is 0 Å². The van der Waals surface area contributed by atoms with E-state index in [9.17, 15) is 4.79 Å². The SMILES string of the molecule is COc1cc2[nH]ccc2cc1C(=O)N1CCC(Cc2ccccc2)CC1. The van der Waals surface area contributed by atoms with Crippen molar-refractivity contribution in [2.45, 2.75) is 19.3 Å². The number of rotatable bonds is 4. The summed E-state index contributed by atoms with van der Waals surface area (Å²) < 4.78 is 5.47. The molecule has 0 aliphatic carbocycles. The Bertz CT molecular complexity index is 893. The fraction of sp³-hybridized carbons (Fsp3) is 0.318. The Morgan fingerprint density at radius 1 is 1.15 bits per heavy atom. The summed E-state index contributed by atoms with van der Waals surface area (Å²) in [6.07, 6.45) is 5.08. The molecule has 1 aliphatic heterocycles. The third kappa shape index (κ3) is 3.32. The number of ether oxygens (including phenoxy) is 1. The number of piperidine rings is 1. The molecule has 1 aliphatic rings. The Hall–Kier alpha value is -2.75. The number of H-pyrrole nitrogens is 1. The van der Waals surface area contributed by atoms with Gasteiger partial charge in [0.1, 0.15) is 5.75 Å². The minimum absolute atomic E-state index is 0.0723. The lowest BCUT2D eigenvalue weighted by atomic mass is 9.90. The molecular weight excluding hydrogens is 324 g/mol. The third-order valence-electron chi connectivity index (χ3n) is 5.37. The normalized spacial score (nSPS) is 15.3. The standard InChI is InChI=1S/C22H24N2O2/c1-26-21-15-20-18(7-10-23-20)14-19(21)22(25)24-11-8-17(9-12-24)13-16-5-3-2-4-6-16/h2-7,10,14-15,17,23H,8-9,11-13H2,1H3. The highest BCUT2D eigenvalue weighted by Gasteiger charge is 2.26. The molecular formula is C22H24N2O2. The van der Waals surface area contributed by atoms with Crippen LogP contribution in [0.3, 0.4) is 0 Å². The first-order valence-electron chi connectivity index (χ1n) is 9.23. The maximum atomic E-state index is 13.0. The van der Waals surface area contributed by atoms with Crippen LogP contribution in [0.2, 0.25) is 0 Å². The molecule has 2 heterocycles. The van der Waals surface area contributed by atoms with E-state index in [-0.39, 0.29) is 5.91 Å². The minimum Gasteiger partial charge on any atom is -0.496 e. The predicted octanol–water partition coefficient (Wildman–Crippen LogP) is 4.27. The summed E-state index contributed by atoms with van der Waals surface area (Å²) in [5.74, 6) is 1.36. The van der Waals surface area contributed by atoms with Gasteiger partial charge in [-0.15, -0.1) is 0 Å². The Morgan fingerprint density at radius 3 is 2.65 bits per heavy atom. The zero-order valence-electron chi connectivity index (χ0n) is 15.1.